The zero-order valence-electron chi connectivity index (χ0n) is 13.9. The average Bonchev–Trinajstić information content (AvgIpc) is 2.39. The molecule has 0 bridgehead atoms. The van der Waals surface area contributed by atoms with Crippen molar-refractivity contribution in [3.8, 4) is 0 Å². The molecule has 0 saturated carbocycles. The predicted molar refractivity (Wildman–Crippen MR) is 85.8 cm³/mol. The first-order valence-corrected chi connectivity index (χ1v) is 8.38. The molecule has 0 rings (SSSR count). The minimum absolute atomic E-state index is 0.479. The Morgan fingerprint density at radius 2 is 1.58 bits per heavy atom. The molecule has 0 aromatic rings. The summed E-state index contributed by atoms with van der Waals surface area (Å²) in [5.74, 6) is 0. The molecular formula is C17H37NO. The predicted octanol–water partition coefficient (Wildman–Crippen LogP) is 4.78. The average molecular weight is 271 g/mol. The van der Waals surface area contributed by atoms with Crippen LogP contribution in [0.15, 0.2) is 0 Å². The molecule has 0 saturated heterocycles. The van der Waals surface area contributed by atoms with E-state index in [1.165, 1.54) is 57.8 Å². The van der Waals surface area contributed by atoms with Crippen molar-refractivity contribution in [1.29, 1.82) is 0 Å². The summed E-state index contributed by atoms with van der Waals surface area (Å²) in [5.41, 5.74) is 0.479. The Hall–Kier alpha value is -0.0800. The number of hydrogen-bond donors (Lipinski definition) is 1. The maximum Gasteiger partial charge on any atom is 0.0587 e. The Bertz CT molecular complexity index is 184. The fourth-order valence-corrected chi connectivity index (χ4v) is 2.80. The first-order chi connectivity index (χ1) is 9.18. The first kappa shape index (κ1) is 18.9. The van der Waals surface area contributed by atoms with E-state index in [2.05, 4.69) is 26.1 Å². The second kappa shape index (κ2) is 12.9. The molecule has 0 aliphatic rings. The monoisotopic (exact) mass is 271 g/mol. The van der Waals surface area contributed by atoms with Gasteiger partial charge in [0.25, 0.3) is 0 Å². The van der Waals surface area contributed by atoms with Crippen LogP contribution in [0.1, 0.15) is 78.6 Å². The Kier molecular flexibility index (Phi) is 12.9. The lowest BCUT2D eigenvalue weighted by molar-refractivity contribution is 0.186. The van der Waals surface area contributed by atoms with Crippen LogP contribution in [0.2, 0.25) is 0 Å². The largest absolute Gasteiger partial charge is 0.383 e. The number of unbranched alkanes of at least 4 members (excludes halogenated alkanes) is 5. The van der Waals surface area contributed by atoms with E-state index in [0.29, 0.717) is 5.41 Å². The van der Waals surface area contributed by atoms with E-state index in [4.69, 9.17) is 4.74 Å². The third-order valence-corrected chi connectivity index (χ3v) is 4.02. The molecule has 0 aromatic heterocycles. The molecule has 0 aromatic carbocycles. The second-order valence-corrected chi connectivity index (χ2v) is 6.25. The summed E-state index contributed by atoms with van der Waals surface area (Å²) < 4.78 is 5.09. The first-order valence-electron chi connectivity index (χ1n) is 8.38. The molecule has 0 radical (unpaired) electrons. The minimum atomic E-state index is 0.479. The van der Waals surface area contributed by atoms with Crippen LogP contribution in [0.3, 0.4) is 0 Å². The van der Waals surface area contributed by atoms with E-state index in [9.17, 15) is 0 Å². The van der Waals surface area contributed by atoms with Crippen molar-refractivity contribution in [3.05, 3.63) is 0 Å². The Balaban J connectivity index is 3.74. The highest BCUT2D eigenvalue weighted by atomic mass is 16.5. The number of nitrogens with one attached hydrogen (secondary N) is 1. The maximum atomic E-state index is 5.09. The molecule has 2 heteroatoms. The molecule has 1 N–H and O–H groups in total. The van der Waals surface area contributed by atoms with Crippen molar-refractivity contribution in [2.75, 3.05) is 26.8 Å². The normalized spacial score (nSPS) is 14.5. The smallest absolute Gasteiger partial charge is 0.0587 e. The van der Waals surface area contributed by atoms with Gasteiger partial charge in [-0.3, -0.25) is 0 Å². The summed E-state index contributed by atoms with van der Waals surface area (Å²) >= 11 is 0. The van der Waals surface area contributed by atoms with Gasteiger partial charge in [-0.1, -0.05) is 65.7 Å². The molecule has 0 spiro atoms. The van der Waals surface area contributed by atoms with Gasteiger partial charge in [0, 0.05) is 20.2 Å². The van der Waals surface area contributed by atoms with Gasteiger partial charge in [0.05, 0.1) is 6.61 Å². The summed E-state index contributed by atoms with van der Waals surface area (Å²) in [6.07, 6.45) is 12.4. The number of methoxy groups -OCH3 is 1. The van der Waals surface area contributed by atoms with Gasteiger partial charge in [-0.2, -0.15) is 0 Å². The molecule has 0 heterocycles. The van der Waals surface area contributed by atoms with E-state index in [-0.39, 0.29) is 0 Å². The van der Waals surface area contributed by atoms with Gasteiger partial charge in [-0.05, 0) is 18.3 Å². The molecule has 116 valence electrons. The van der Waals surface area contributed by atoms with E-state index in [0.717, 1.165) is 19.7 Å². The molecule has 0 amide bonds. The van der Waals surface area contributed by atoms with Crippen molar-refractivity contribution >= 4 is 0 Å². The topological polar surface area (TPSA) is 21.3 Å². The summed E-state index contributed by atoms with van der Waals surface area (Å²) in [5, 5.41) is 3.55. The van der Waals surface area contributed by atoms with Gasteiger partial charge in [0.15, 0.2) is 0 Å². The van der Waals surface area contributed by atoms with Gasteiger partial charge in [0.2, 0.25) is 0 Å². The zero-order valence-corrected chi connectivity index (χ0v) is 13.9. The van der Waals surface area contributed by atoms with E-state index >= 15 is 0 Å². The van der Waals surface area contributed by atoms with Gasteiger partial charge in [-0.25, -0.2) is 0 Å². The van der Waals surface area contributed by atoms with Crippen LogP contribution in [0, 0.1) is 5.41 Å². The number of ether oxygens (including phenoxy) is 1. The fraction of sp³-hybridized carbons (Fsp3) is 1.00. The Labute approximate surface area is 121 Å². The van der Waals surface area contributed by atoms with Crippen LogP contribution in [-0.2, 0) is 4.74 Å². The van der Waals surface area contributed by atoms with Crippen LogP contribution in [0.25, 0.3) is 0 Å². The second-order valence-electron chi connectivity index (χ2n) is 6.25. The summed E-state index contributed by atoms with van der Waals surface area (Å²) in [7, 11) is 1.77. The maximum absolute atomic E-state index is 5.09. The van der Waals surface area contributed by atoms with Gasteiger partial charge in [-0.15, -0.1) is 0 Å². The molecule has 0 aliphatic carbocycles. The highest BCUT2D eigenvalue weighted by Gasteiger charge is 2.22. The van der Waals surface area contributed by atoms with Crippen molar-refractivity contribution in [1.82, 2.24) is 5.32 Å². The highest BCUT2D eigenvalue weighted by molar-refractivity contribution is 4.76. The standard InChI is InChI=1S/C17H37NO/c1-5-7-8-9-10-11-13-17(3,12-6-2)16-18-14-15-19-4/h18H,5-16H2,1-4H3. The van der Waals surface area contributed by atoms with Gasteiger partial charge in [0.1, 0.15) is 0 Å². The van der Waals surface area contributed by atoms with Crippen LogP contribution < -0.4 is 5.32 Å². The van der Waals surface area contributed by atoms with E-state index < -0.39 is 0 Å². The van der Waals surface area contributed by atoms with E-state index in [1.807, 2.05) is 0 Å². The highest BCUT2D eigenvalue weighted by Crippen LogP contribution is 2.29. The van der Waals surface area contributed by atoms with Crippen LogP contribution >= 0.6 is 0 Å². The summed E-state index contributed by atoms with van der Waals surface area (Å²) in [6, 6.07) is 0. The van der Waals surface area contributed by atoms with Crippen molar-refractivity contribution in [2.24, 2.45) is 5.41 Å². The number of rotatable bonds is 14. The molecular weight excluding hydrogens is 234 g/mol. The summed E-state index contributed by atoms with van der Waals surface area (Å²) in [4.78, 5) is 0. The fourth-order valence-electron chi connectivity index (χ4n) is 2.80. The van der Waals surface area contributed by atoms with Crippen molar-refractivity contribution < 1.29 is 4.74 Å². The third kappa shape index (κ3) is 11.4. The SMILES string of the molecule is CCCCCCCCC(C)(CCC)CNCCOC. The zero-order chi connectivity index (χ0) is 14.4. The molecule has 19 heavy (non-hydrogen) atoms. The lowest BCUT2D eigenvalue weighted by Crippen LogP contribution is -2.33. The lowest BCUT2D eigenvalue weighted by Gasteiger charge is -2.30. The van der Waals surface area contributed by atoms with Gasteiger partial charge < -0.3 is 10.1 Å². The molecule has 0 fully saturated rings. The van der Waals surface area contributed by atoms with Crippen LogP contribution in [0.5, 0.6) is 0 Å². The molecule has 2 nitrogen and oxygen atoms in total. The minimum Gasteiger partial charge on any atom is -0.383 e. The quantitative estimate of drug-likeness (QED) is 0.459. The van der Waals surface area contributed by atoms with E-state index in [1.54, 1.807) is 7.11 Å². The summed E-state index contributed by atoms with van der Waals surface area (Å²) in [6.45, 7) is 9.96. The van der Waals surface area contributed by atoms with Crippen molar-refractivity contribution in [2.45, 2.75) is 78.6 Å². The Morgan fingerprint density at radius 1 is 0.895 bits per heavy atom. The van der Waals surface area contributed by atoms with Crippen molar-refractivity contribution in [3.63, 3.8) is 0 Å². The third-order valence-electron chi connectivity index (χ3n) is 4.02. The van der Waals surface area contributed by atoms with Crippen LogP contribution in [0.4, 0.5) is 0 Å². The lowest BCUT2D eigenvalue weighted by atomic mass is 9.80. The number of hydrogen-bond acceptors (Lipinski definition) is 2. The van der Waals surface area contributed by atoms with Crippen LogP contribution in [-0.4, -0.2) is 26.8 Å². The Morgan fingerprint density at radius 3 is 2.21 bits per heavy atom. The van der Waals surface area contributed by atoms with Gasteiger partial charge >= 0.3 is 0 Å². The molecule has 1 atom stereocenters. The molecule has 0 aliphatic heterocycles. The molecule has 1 unspecified atom stereocenters.